The molecule has 1 unspecified atom stereocenters. The average molecular weight is 274 g/mol. The van der Waals surface area contributed by atoms with E-state index in [1.54, 1.807) is 11.3 Å². The first-order chi connectivity index (χ1) is 8.97. The Bertz CT molecular complexity index is 511. The average Bonchev–Trinajstić information content (AvgIpc) is 2.87. The van der Waals surface area contributed by atoms with Crippen molar-refractivity contribution in [3.63, 3.8) is 0 Å². The third kappa shape index (κ3) is 3.88. The van der Waals surface area contributed by atoms with E-state index in [-0.39, 0.29) is 11.5 Å². The summed E-state index contributed by atoms with van der Waals surface area (Å²) in [5.74, 6) is 0. The van der Waals surface area contributed by atoms with Crippen LogP contribution in [0.25, 0.3) is 0 Å². The van der Waals surface area contributed by atoms with Crippen LogP contribution in [0.4, 0.5) is 0 Å². The van der Waals surface area contributed by atoms with Crippen molar-refractivity contribution in [1.29, 1.82) is 0 Å². The number of hydrogen-bond acceptors (Lipinski definition) is 3. The Kier molecular flexibility index (Phi) is 4.38. The lowest BCUT2D eigenvalue weighted by atomic mass is 9.93. The molecule has 0 bridgehead atoms. The van der Waals surface area contributed by atoms with Crippen LogP contribution in [0.1, 0.15) is 49.5 Å². The first-order valence-corrected chi connectivity index (χ1v) is 7.60. The lowest BCUT2D eigenvalue weighted by Crippen LogP contribution is -2.14. The Morgan fingerprint density at radius 2 is 1.89 bits per heavy atom. The van der Waals surface area contributed by atoms with Crippen LogP contribution in [0.3, 0.4) is 0 Å². The van der Waals surface area contributed by atoms with E-state index in [0.717, 1.165) is 23.5 Å². The van der Waals surface area contributed by atoms with Gasteiger partial charge in [0.05, 0.1) is 11.7 Å². The zero-order chi connectivity index (χ0) is 13.9. The van der Waals surface area contributed by atoms with E-state index in [9.17, 15) is 0 Å². The highest BCUT2D eigenvalue weighted by atomic mass is 32.1. The van der Waals surface area contributed by atoms with Crippen molar-refractivity contribution in [3.05, 3.63) is 52.0 Å². The third-order valence-electron chi connectivity index (χ3n) is 3.19. The van der Waals surface area contributed by atoms with Crippen LogP contribution in [-0.2, 0) is 11.8 Å². The Labute approximate surface area is 119 Å². The molecule has 1 heterocycles. The third-order valence-corrected chi connectivity index (χ3v) is 4.17. The number of aryl methyl sites for hydroxylation is 1. The van der Waals surface area contributed by atoms with Crippen LogP contribution in [0.5, 0.6) is 0 Å². The van der Waals surface area contributed by atoms with Gasteiger partial charge in [-0.3, -0.25) is 0 Å². The highest BCUT2D eigenvalue weighted by Crippen LogP contribution is 2.27. The van der Waals surface area contributed by atoms with E-state index in [1.165, 1.54) is 5.56 Å². The number of aromatic nitrogens is 1. The van der Waals surface area contributed by atoms with Gasteiger partial charge in [0.1, 0.15) is 5.01 Å². The summed E-state index contributed by atoms with van der Waals surface area (Å²) in [6, 6.07) is 10.5. The maximum absolute atomic E-state index is 6.25. The molecule has 0 saturated carbocycles. The number of nitrogens with two attached hydrogens (primary N) is 1. The highest BCUT2D eigenvalue weighted by molar-refractivity contribution is 7.09. The van der Waals surface area contributed by atoms with Gasteiger partial charge < -0.3 is 5.73 Å². The van der Waals surface area contributed by atoms with Gasteiger partial charge in [0.2, 0.25) is 0 Å². The van der Waals surface area contributed by atoms with E-state index in [1.807, 2.05) is 6.07 Å². The van der Waals surface area contributed by atoms with Gasteiger partial charge in [0, 0.05) is 10.8 Å². The summed E-state index contributed by atoms with van der Waals surface area (Å²) in [7, 11) is 0. The topological polar surface area (TPSA) is 38.9 Å². The van der Waals surface area contributed by atoms with Crippen molar-refractivity contribution in [2.75, 3.05) is 0 Å². The second-order valence-electron chi connectivity index (χ2n) is 5.95. The molecule has 0 aliphatic heterocycles. The molecule has 102 valence electrons. The van der Waals surface area contributed by atoms with E-state index in [2.05, 4.69) is 55.4 Å². The second kappa shape index (κ2) is 5.85. The summed E-state index contributed by atoms with van der Waals surface area (Å²) in [6.45, 7) is 6.55. The SMILES string of the molecule is CC(C)(C)c1csc(C(N)CCc2ccccc2)n1. The molecular formula is C16H22N2S. The molecule has 0 aliphatic rings. The van der Waals surface area contributed by atoms with Gasteiger partial charge >= 0.3 is 0 Å². The van der Waals surface area contributed by atoms with Gasteiger partial charge in [0.25, 0.3) is 0 Å². The quantitative estimate of drug-likeness (QED) is 0.912. The molecule has 0 amide bonds. The van der Waals surface area contributed by atoms with Gasteiger partial charge in [-0.15, -0.1) is 11.3 Å². The second-order valence-corrected chi connectivity index (χ2v) is 6.84. The zero-order valence-corrected chi connectivity index (χ0v) is 12.7. The van der Waals surface area contributed by atoms with Gasteiger partial charge in [0.15, 0.2) is 0 Å². The molecule has 2 N–H and O–H groups in total. The van der Waals surface area contributed by atoms with Gasteiger partial charge in [-0.2, -0.15) is 0 Å². The minimum Gasteiger partial charge on any atom is -0.322 e. The van der Waals surface area contributed by atoms with E-state index < -0.39 is 0 Å². The molecule has 19 heavy (non-hydrogen) atoms. The molecule has 1 atom stereocenters. The van der Waals surface area contributed by atoms with Crippen LogP contribution in [0, 0.1) is 0 Å². The number of nitrogens with zero attached hydrogens (tertiary/aromatic N) is 1. The standard InChI is InChI=1S/C16H22N2S/c1-16(2,3)14-11-19-15(18-14)13(17)10-9-12-7-5-4-6-8-12/h4-8,11,13H,9-10,17H2,1-3H3. The molecule has 0 spiro atoms. The molecule has 1 aromatic heterocycles. The number of thiazole rings is 1. The van der Waals surface area contributed by atoms with Crippen molar-refractivity contribution >= 4 is 11.3 Å². The van der Waals surface area contributed by atoms with Crippen LogP contribution < -0.4 is 5.73 Å². The minimum atomic E-state index is 0.0429. The first-order valence-electron chi connectivity index (χ1n) is 6.72. The molecule has 0 aliphatic carbocycles. The fourth-order valence-electron chi connectivity index (χ4n) is 1.89. The van der Waals surface area contributed by atoms with E-state index >= 15 is 0 Å². The predicted octanol–water partition coefficient (Wildman–Crippen LogP) is 4.07. The molecule has 0 radical (unpaired) electrons. The summed E-state index contributed by atoms with van der Waals surface area (Å²) in [5, 5.41) is 3.19. The lowest BCUT2D eigenvalue weighted by Gasteiger charge is -2.15. The van der Waals surface area contributed by atoms with Crippen molar-refractivity contribution in [2.24, 2.45) is 5.73 Å². The Morgan fingerprint density at radius 1 is 1.21 bits per heavy atom. The normalized spacial score (nSPS) is 13.5. The highest BCUT2D eigenvalue weighted by Gasteiger charge is 2.19. The molecule has 2 nitrogen and oxygen atoms in total. The fourth-order valence-corrected chi connectivity index (χ4v) is 2.98. The maximum Gasteiger partial charge on any atom is 0.110 e. The van der Waals surface area contributed by atoms with Gasteiger partial charge in [-0.05, 0) is 18.4 Å². The number of rotatable bonds is 4. The summed E-state index contributed by atoms with van der Waals surface area (Å²) in [4.78, 5) is 4.69. The molecular weight excluding hydrogens is 252 g/mol. The van der Waals surface area contributed by atoms with Crippen LogP contribution >= 0.6 is 11.3 Å². The Hall–Kier alpha value is -1.19. The predicted molar refractivity (Wildman–Crippen MR) is 82.5 cm³/mol. The number of benzene rings is 1. The molecule has 3 heteroatoms. The molecule has 2 rings (SSSR count). The largest absolute Gasteiger partial charge is 0.322 e. The Morgan fingerprint density at radius 3 is 2.47 bits per heavy atom. The summed E-state index contributed by atoms with van der Waals surface area (Å²) in [5.41, 5.74) is 8.83. The van der Waals surface area contributed by atoms with E-state index in [4.69, 9.17) is 5.73 Å². The van der Waals surface area contributed by atoms with E-state index in [0.29, 0.717) is 0 Å². The summed E-state index contributed by atoms with van der Waals surface area (Å²) >= 11 is 1.68. The smallest absolute Gasteiger partial charge is 0.110 e. The minimum absolute atomic E-state index is 0.0429. The van der Waals surface area contributed by atoms with Crippen LogP contribution in [-0.4, -0.2) is 4.98 Å². The summed E-state index contributed by atoms with van der Waals surface area (Å²) in [6.07, 6.45) is 1.95. The lowest BCUT2D eigenvalue weighted by molar-refractivity contribution is 0.563. The van der Waals surface area contributed by atoms with Gasteiger partial charge in [-0.1, -0.05) is 51.1 Å². The monoisotopic (exact) mass is 274 g/mol. The maximum atomic E-state index is 6.25. The molecule has 2 aromatic rings. The van der Waals surface area contributed by atoms with Crippen molar-refractivity contribution < 1.29 is 0 Å². The van der Waals surface area contributed by atoms with Crippen LogP contribution in [0.15, 0.2) is 35.7 Å². The van der Waals surface area contributed by atoms with Gasteiger partial charge in [-0.25, -0.2) is 4.98 Å². The van der Waals surface area contributed by atoms with Crippen molar-refractivity contribution in [1.82, 2.24) is 4.98 Å². The molecule has 0 fully saturated rings. The summed E-state index contributed by atoms with van der Waals surface area (Å²) < 4.78 is 0. The molecule has 0 saturated heterocycles. The molecule has 1 aromatic carbocycles. The Balaban J connectivity index is 1.97. The van der Waals surface area contributed by atoms with Crippen LogP contribution in [0.2, 0.25) is 0 Å². The zero-order valence-electron chi connectivity index (χ0n) is 11.9. The number of hydrogen-bond donors (Lipinski definition) is 1. The van der Waals surface area contributed by atoms with Crippen molar-refractivity contribution in [3.8, 4) is 0 Å². The van der Waals surface area contributed by atoms with Crippen molar-refractivity contribution in [2.45, 2.75) is 45.1 Å². The fraction of sp³-hybridized carbons (Fsp3) is 0.438. The first kappa shape index (κ1) is 14.2.